The number of hydrogen-bond donors (Lipinski definition) is 0. The van der Waals surface area contributed by atoms with E-state index in [1.165, 1.54) is 0 Å². The van der Waals surface area contributed by atoms with Crippen molar-refractivity contribution in [3.63, 3.8) is 0 Å². The molecule has 73 valence electrons. The van der Waals surface area contributed by atoms with Crippen LogP contribution in [0.4, 0.5) is 0 Å². The molecule has 0 aromatic carbocycles. The Morgan fingerprint density at radius 2 is 0.571 bits per heavy atom. The average Bonchev–Trinajstić information content (AvgIpc) is 0. The summed E-state index contributed by atoms with van der Waals surface area (Å²) in [6.45, 7) is 0. The molecule has 0 unspecified atom stereocenters. The van der Waals surface area contributed by atoms with Crippen LogP contribution in [0, 0.1) is 0 Å². The fraction of sp³-hybridized carbons (Fsp3) is 0. The molecular weight excluding hydrogens is 788 g/mol. The molecule has 0 aliphatic heterocycles. The first-order valence-electron chi connectivity index (χ1n) is 0. The van der Waals surface area contributed by atoms with Crippen molar-refractivity contribution in [2.45, 2.75) is 0 Å². The summed E-state index contributed by atoms with van der Waals surface area (Å²) in [5.41, 5.74) is 0. The molecule has 0 aliphatic carbocycles. The van der Waals surface area contributed by atoms with E-state index in [1.54, 1.807) is 0 Å². The van der Waals surface area contributed by atoms with Crippen molar-refractivity contribution in [2.75, 3.05) is 0 Å². The summed E-state index contributed by atoms with van der Waals surface area (Å²) in [5, 5.41) is 0. The second-order valence-electron chi connectivity index (χ2n) is 0. The molecule has 0 spiro atoms. The van der Waals surface area contributed by atoms with Crippen molar-refractivity contribution in [3.8, 4) is 0 Å². The summed E-state index contributed by atoms with van der Waals surface area (Å²) < 4.78 is 0. The zero-order chi connectivity index (χ0) is 0. The second-order valence-corrected chi connectivity index (χ2v) is 0. The van der Waals surface area contributed by atoms with Crippen LogP contribution >= 0.6 is 0 Å². The molecule has 0 bridgehead atoms. The summed E-state index contributed by atoms with van der Waals surface area (Å²) in [6, 6.07) is 0. The van der Waals surface area contributed by atoms with Gasteiger partial charge in [0.15, 0.2) is 0 Å². The second kappa shape index (κ2) is 48.1. The van der Waals surface area contributed by atoms with Gasteiger partial charge in [-0.15, -0.1) is 0 Å². The largest absolute Gasteiger partial charge is 0 e. The van der Waals surface area contributed by atoms with Gasteiger partial charge in [-0.3, -0.25) is 0 Å². The van der Waals surface area contributed by atoms with E-state index in [9.17, 15) is 0 Å². The monoisotopic (exact) mass is 785 g/mol. The summed E-state index contributed by atoms with van der Waals surface area (Å²) in [7, 11) is 0. The van der Waals surface area contributed by atoms with E-state index in [2.05, 4.69) is 0 Å². The predicted molar refractivity (Wildman–Crippen MR) is 0 cm³/mol. The topological polar surface area (TPSA) is 0 Å². The van der Waals surface area contributed by atoms with Gasteiger partial charge in [0.2, 0.25) is 0 Å². The van der Waals surface area contributed by atoms with Crippen LogP contribution < -0.4 is 0 Å². The van der Waals surface area contributed by atoms with Crippen LogP contribution in [-0.4, -0.2) is 0 Å². The van der Waals surface area contributed by atoms with Crippen LogP contribution in [0.1, 0.15) is 0 Å². The molecule has 0 saturated heterocycles. The van der Waals surface area contributed by atoms with Gasteiger partial charge in [0.1, 0.15) is 0 Å². The Balaban J connectivity index is 0. The molecule has 3 radical (unpaired) electrons. The average molecular weight is 788 g/mol. The molecule has 0 aliphatic rings. The van der Waals surface area contributed by atoms with Gasteiger partial charge >= 0.3 is 0 Å². The smallest absolute Gasteiger partial charge is 0 e. The minimum Gasteiger partial charge on any atom is 0 e. The molecule has 0 fully saturated rings. The van der Waals surface area contributed by atoms with E-state index >= 15 is 0 Å². The third-order valence-electron chi connectivity index (χ3n) is 0. The summed E-state index contributed by atoms with van der Waals surface area (Å²) in [6.07, 6.45) is 0. The first-order chi connectivity index (χ1) is 0. The normalized spacial score (nSPS) is 0. The van der Waals surface area contributed by atoms with Crippen LogP contribution in [0.15, 0.2) is 0 Å². The van der Waals surface area contributed by atoms with Crippen molar-refractivity contribution in [2.24, 2.45) is 0 Å². The van der Waals surface area contributed by atoms with E-state index in [1.807, 2.05) is 0 Å². The standard InChI is InChI=1S/2Au.Cu.2Ni.2Pd. The molecular formula is Au2CuNi2Pd2. The zero-order valence-electron chi connectivity index (χ0n) is 2.17. The Kier molecular flexibility index (Phi) is 445. The van der Waals surface area contributed by atoms with Gasteiger partial charge in [-0.2, -0.15) is 0 Å². The Labute approximate surface area is 133 Å². The van der Waals surface area contributed by atoms with Crippen LogP contribution in [0.2, 0.25) is 0 Å². The van der Waals surface area contributed by atoms with E-state index in [-0.39, 0.29) is 136 Å². The molecule has 0 heterocycles. The van der Waals surface area contributed by atoms with Crippen LogP contribution in [0.5, 0.6) is 0 Å². The maximum absolute atomic E-state index is 0. The Bertz CT molecular complexity index is 13.7. The first-order valence-corrected chi connectivity index (χ1v) is 0. The number of rotatable bonds is 0. The number of hydrogen-bond acceptors (Lipinski definition) is 0. The maximum atomic E-state index is 0. The minimum absolute atomic E-state index is 0. The van der Waals surface area contributed by atoms with Gasteiger partial charge in [0, 0.05) is 136 Å². The molecule has 0 rings (SSSR count). The van der Waals surface area contributed by atoms with Crippen molar-refractivity contribution >= 4 is 0 Å². The van der Waals surface area contributed by atoms with Crippen LogP contribution in [0.25, 0.3) is 0 Å². The molecule has 0 amide bonds. The van der Waals surface area contributed by atoms with Gasteiger partial charge in [0.25, 0.3) is 0 Å². The quantitative estimate of drug-likeness (QED) is 0.304. The van der Waals surface area contributed by atoms with Gasteiger partial charge < -0.3 is 0 Å². The maximum Gasteiger partial charge on any atom is 0 e. The van der Waals surface area contributed by atoms with Crippen molar-refractivity contribution in [1.82, 2.24) is 0 Å². The van der Waals surface area contributed by atoms with Gasteiger partial charge in [-0.1, -0.05) is 0 Å². The molecule has 0 saturated carbocycles. The zero-order valence-corrected chi connectivity index (χ0v) is 12.5. The summed E-state index contributed by atoms with van der Waals surface area (Å²) >= 11 is 0. The van der Waals surface area contributed by atoms with E-state index in [4.69, 9.17) is 0 Å². The van der Waals surface area contributed by atoms with E-state index in [0.29, 0.717) is 0 Å². The third-order valence-corrected chi connectivity index (χ3v) is 0. The molecule has 7 heavy (non-hydrogen) atoms. The van der Waals surface area contributed by atoms with E-state index < -0.39 is 0 Å². The van der Waals surface area contributed by atoms with Crippen LogP contribution in [0.3, 0.4) is 0 Å². The molecule has 0 nitrogen and oxygen atoms in total. The molecule has 0 aromatic rings. The fourth-order valence-electron chi connectivity index (χ4n) is 0. The van der Waals surface area contributed by atoms with Crippen molar-refractivity contribution in [3.05, 3.63) is 0 Å². The van der Waals surface area contributed by atoms with Crippen molar-refractivity contribution in [1.29, 1.82) is 0 Å². The van der Waals surface area contributed by atoms with Gasteiger partial charge in [-0.05, 0) is 0 Å². The Morgan fingerprint density at radius 1 is 0.571 bits per heavy atom. The van der Waals surface area contributed by atoms with Crippen LogP contribution in [-0.2, 0) is 136 Å². The Hall–Kier alpha value is 4.31. The summed E-state index contributed by atoms with van der Waals surface area (Å²) in [5.74, 6) is 0. The molecule has 0 atom stereocenters. The first kappa shape index (κ1) is 64.7. The molecule has 7 heteroatoms. The summed E-state index contributed by atoms with van der Waals surface area (Å²) in [4.78, 5) is 0. The SMILES string of the molecule is [Au].[Au].[Cu].[Ni].[Ni].[Pd].[Pd]. The van der Waals surface area contributed by atoms with Crippen molar-refractivity contribution < 1.29 is 136 Å². The predicted octanol–water partition coefficient (Wildman–Crippen LogP) is -0.0175. The Morgan fingerprint density at radius 3 is 0.571 bits per heavy atom. The fourth-order valence-corrected chi connectivity index (χ4v) is 0. The van der Waals surface area contributed by atoms with Gasteiger partial charge in [-0.25, -0.2) is 0 Å². The van der Waals surface area contributed by atoms with Gasteiger partial charge in [0.05, 0.1) is 0 Å². The molecule has 0 aromatic heterocycles. The van der Waals surface area contributed by atoms with E-state index in [0.717, 1.165) is 0 Å². The minimum atomic E-state index is 0. The molecule has 0 N–H and O–H groups in total. The third kappa shape index (κ3) is 38.3.